The molecule has 2 amide bonds. The molecular formula is C12H13NO4. The van der Waals surface area contributed by atoms with Gasteiger partial charge in [0.2, 0.25) is 11.8 Å². The fourth-order valence-corrected chi connectivity index (χ4v) is 2.92. The first-order valence-corrected chi connectivity index (χ1v) is 5.93. The second-order valence-electron chi connectivity index (χ2n) is 4.74. The van der Waals surface area contributed by atoms with Crippen LogP contribution in [0.5, 0.6) is 0 Å². The average Bonchev–Trinajstić information content (AvgIpc) is 2.28. The molecule has 5 nitrogen and oxygen atoms in total. The van der Waals surface area contributed by atoms with Gasteiger partial charge in [0, 0.05) is 6.42 Å². The molecule has 3 aliphatic rings. The third kappa shape index (κ3) is 1.57. The number of nitrogens with one attached hydrogen (secondary N) is 1. The van der Waals surface area contributed by atoms with E-state index in [2.05, 4.69) is 5.32 Å². The zero-order chi connectivity index (χ0) is 12.0. The minimum atomic E-state index is -0.878. The quantitative estimate of drug-likeness (QED) is 0.286. The van der Waals surface area contributed by atoms with E-state index in [9.17, 15) is 14.4 Å². The second kappa shape index (κ2) is 3.68. The van der Waals surface area contributed by atoms with Crippen LogP contribution in [-0.4, -0.2) is 23.9 Å². The maximum absolute atomic E-state index is 11.8. The van der Waals surface area contributed by atoms with Crippen molar-refractivity contribution in [1.82, 2.24) is 5.32 Å². The Labute approximate surface area is 98.2 Å². The zero-order valence-corrected chi connectivity index (χ0v) is 9.32. The van der Waals surface area contributed by atoms with Crippen LogP contribution in [0.4, 0.5) is 0 Å². The molecule has 0 aromatic heterocycles. The first kappa shape index (κ1) is 10.5. The molecule has 5 heteroatoms. The summed E-state index contributed by atoms with van der Waals surface area (Å²) in [6, 6.07) is 0. The lowest BCUT2D eigenvalue weighted by Gasteiger charge is -2.37. The maximum Gasteiger partial charge on any atom is 0.323 e. The molecule has 0 aromatic rings. The molecule has 0 bridgehead atoms. The van der Waals surface area contributed by atoms with Crippen LogP contribution in [0.25, 0.3) is 0 Å². The number of hydrogen-bond acceptors (Lipinski definition) is 4. The van der Waals surface area contributed by atoms with Gasteiger partial charge in [-0.1, -0.05) is 0 Å². The van der Waals surface area contributed by atoms with Gasteiger partial charge in [-0.3, -0.25) is 19.7 Å². The highest BCUT2D eigenvalue weighted by Crippen LogP contribution is 2.38. The molecule has 0 spiro atoms. The smallest absolute Gasteiger partial charge is 0.323 e. The Bertz CT molecular complexity index is 451. The number of rotatable bonds is 0. The van der Waals surface area contributed by atoms with Crippen LogP contribution in [0.1, 0.15) is 32.1 Å². The summed E-state index contributed by atoms with van der Waals surface area (Å²) >= 11 is 0. The summed E-state index contributed by atoms with van der Waals surface area (Å²) in [5, 5.41) is 2.19. The number of ether oxygens (including phenoxy) is 1. The van der Waals surface area contributed by atoms with Gasteiger partial charge >= 0.3 is 5.97 Å². The van der Waals surface area contributed by atoms with Gasteiger partial charge in [-0.2, -0.15) is 0 Å². The molecule has 2 unspecified atom stereocenters. The molecule has 2 atom stereocenters. The van der Waals surface area contributed by atoms with Crippen molar-refractivity contribution in [2.75, 3.05) is 0 Å². The zero-order valence-electron chi connectivity index (χ0n) is 9.32. The third-order valence-corrected chi connectivity index (χ3v) is 3.68. The van der Waals surface area contributed by atoms with Gasteiger partial charge in [0.05, 0.1) is 0 Å². The molecule has 1 aliphatic carbocycles. The summed E-state index contributed by atoms with van der Waals surface area (Å²) in [4.78, 5) is 34.8. The summed E-state index contributed by atoms with van der Waals surface area (Å²) in [5.41, 5.74) is 1.73. The summed E-state index contributed by atoms with van der Waals surface area (Å²) in [5.74, 6) is -2.22. The highest BCUT2D eigenvalue weighted by molar-refractivity contribution is 6.11. The van der Waals surface area contributed by atoms with Gasteiger partial charge in [0.1, 0.15) is 6.10 Å². The molecule has 2 aliphatic heterocycles. The van der Waals surface area contributed by atoms with Crippen LogP contribution in [0.15, 0.2) is 11.1 Å². The topological polar surface area (TPSA) is 72.5 Å². The minimum absolute atomic E-state index is 0.164. The Kier molecular flexibility index (Phi) is 2.28. The Hall–Kier alpha value is -1.65. The van der Waals surface area contributed by atoms with E-state index in [1.54, 1.807) is 0 Å². The number of piperidine rings is 1. The molecule has 0 radical (unpaired) electrons. The van der Waals surface area contributed by atoms with Crippen molar-refractivity contribution in [1.29, 1.82) is 0 Å². The fourth-order valence-electron chi connectivity index (χ4n) is 2.92. The van der Waals surface area contributed by atoms with E-state index in [-0.39, 0.29) is 18.4 Å². The van der Waals surface area contributed by atoms with E-state index in [4.69, 9.17) is 4.74 Å². The Morgan fingerprint density at radius 2 is 1.94 bits per heavy atom. The number of imide groups is 1. The van der Waals surface area contributed by atoms with E-state index in [1.807, 2.05) is 0 Å². The predicted octanol–water partition coefficient (Wildman–Crippen LogP) is 0.445. The second-order valence-corrected chi connectivity index (χ2v) is 4.74. The Balaban J connectivity index is 2.06. The minimum Gasteiger partial charge on any atom is -0.457 e. The van der Waals surface area contributed by atoms with Gasteiger partial charge in [0.15, 0.2) is 5.92 Å². The van der Waals surface area contributed by atoms with Crippen LogP contribution in [0, 0.1) is 5.92 Å². The molecule has 1 N–H and O–H groups in total. The fraction of sp³-hybridized carbons (Fsp3) is 0.583. The lowest BCUT2D eigenvalue weighted by atomic mass is 9.78. The number of carbonyl (C=O) groups is 3. The molecule has 1 saturated heterocycles. The molecular weight excluding hydrogens is 222 g/mol. The monoisotopic (exact) mass is 235 g/mol. The molecule has 2 heterocycles. The van der Waals surface area contributed by atoms with Crippen LogP contribution < -0.4 is 5.32 Å². The maximum atomic E-state index is 11.8. The normalized spacial score (nSPS) is 32.6. The number of esters is 1. The lowest BCUT2D eigenvalue weighted by molar-refractivity contribution is -0.158. The molecule has 3 rings (SSSR count). The highest BCUT2D eigenvalue weighted by Gasteiger charge is 2.45. The first-order chi connectivity index (χ1) is 8.16. The molecule has 1 saturated carbocycles. The van der Waals surface area contributed by atoms with Gasteiger partial charge < -0.3 is 4.74 Å². The van der Waals surface area contributed by atoms with Gasteiger partial charge in [0.25, 0.3) is 0 Å². The standard InChI is InChI=1S/C12H13NO4/c14-9-5-7-6-3-1-2-4-8(6)17-12(16)10(7)11(15)13-9/h8,10H,1-5H2,(H,13,14,15). The van der Waals surface area contributed by atoms with Crippen molar-refractivity contribution in [3.05, 3.63) is 11.1 Å². The van der Waals surface area contributed by atoms with E-state index in [1.165, 1.54) is 0 Å². The molecule has 2 fully saturated rings. The Morgan fingerprint density at radius 3 is 2.76 bits per heavy atom. The van der Waals surface area contributed by atoms with Gasteiger partial charge in [-0.15, -0.1) is 0 Å². The largest absolute Gasteiger partial charge is 0.457 e. The number of carbonyl (C=O) groups excluding carboxylic acids is 3. The van der Waals surface area contributed by atoms with Crippen LogP contribution in [0.3, 0.4) is 0 Å². The van der Waals surface area contributed by atoms with Gasteiger partial charge in [-0.25, -0.2) is 0 Å². The molecule has 90 valence electrons. The van der Waals surface area contributed by atoms with E-state index in [0.29, 0.717) is 5.57 Å². The van der Waals surface area contributed by atoms with Crippen LogP contribution in [-0.2, 0) is 19.1 Å². The van der Waals surface area contributed by atoms with Gasteiger partial charge in [-0.05, 0) is 36.8 Å². The van der Waals surface area contributed by atoms with Crippen molar-refractivity contribution in [2.45, 2.75) is 38.2 Å². The average molecular weight is 235 g/mol. The highest BCUT2D eigenvalue weighted by atomic mass is 16.5. The SMILES string of the molecule is O=C1CC2=C3CCCCC3OC(=O)C2C(=O)N1. The predicted molar refractivity (Wildman–Crippen MR) is 56.6 cm³/mol. The van der Waals surface area contributed by atoms with E-state index in [0.717, 1.165) is 31.3 Å². The van der Waals surface area contributed by atoms with E-state index < -0.39 is 17.8 Å². The van der Waals surface area contributed by atoms with Crippen molar-refractivity contribution >= 4 is 17.8 Å². The summed E-state index contributed by atoms with van der Waals surface area (Å²) in [6.07, 6.45) is 3.69. The van der Waals surface area contributed by atoms with Crippen molar-refractivity contribution in [3.63, 3.8) is 0 Å². The van der Waals surface area contributed by atoms with E-state index >= 15 is 0 Å². The number of amides is 2. The Morgan fingerprint density at radius 1 is 1.12 bits per heavy atom. The summed E-state index contributed by atoms with van der Waals surface area (Å²) < 4.78 is 5.30. The first-order valence-electron chi connectivity index (χ1n) is 5.93. The third-order valence-electron chi connectivity index (χ3n) is 3.68. The summed E-state index contributed by atoms with van der Waals surface area (Å²) in [6.45, 7) is 0. The van der Waals surface area contributed by atoms with Crippen molar-refractivity contribution in [2.24, 2.45) is 5.92 Å². The summed E-state index contributed by atoms with van der Waals surface area (Å²) in [7, 11) is 0. The molecule has 17 heavy (non-hydrogen) atoms. The number of hydrogen-bond donors (Lipinski definition) is 1. The van der Waals surface area contributed by atoms with Crippen LogP contribution >= 0.6 is 0 Å². The van der Waals surface area contributed by atoms with Crippen molar-refractivity contribution < 1.29 is 19.1 Å². The van der Waals surface area contributed by atoms with Crippen molar-refractivity contribution in [3.8, 4) is 0 Å². The lowest BCUT2D eigenvalue weighted by Crippen LogP contribution is -2.50. The molecule has 0 aromatic carbocycles. The number of fused-ring (bicyclic) bond motifs is 2. The van der Waals surface area contributed by atoms with Crippen LogP contribution in [0.2, 0.25) is 0 Å².